The Hall–Kier alpha value is -3.71. The van der Waals surface area contributed by atoms with Crippen LogP contribution in [-0.2, 0) is 33.6 Å². The first-order chi connectivity index (χ1) is 56.0. The van der Waals surface area contributed by atoms with Crippen molar-refractivity contribution < 1.29 is 87.0 Å². The first kappa shape index (κ1) is 42.2. The van der Waals surface area contributed by atoms with Gasteiger partial charge < -0.3 is 34.3 Å². The standard InChI is InChI=1S/7C11H21NO.CH4/c7*1-9(13)12-7-5-10(6-8-12)11(2,3)4;/h7*10H,5-8H2,1-4H3;1H4/i5D2,6D2,7D2,8D2,10D;5D2,6D2,7D2,8D2;5D2,7D2,10D;5D2,6D2,10D;7D2,8D2;5D2,7D2;5D2,6D2;. The van der Waals surface area contributed by atoms with Crippen LogP contribution < -0.4 is 0 Å². The minimum Gasteiger partial charge on any atom is -0.343 e. The molecule has 7 heterocycles. The maximum atomic E-state index is 11.7. The summed E-state index contributed by atoms with van der Waals surface area (Å²) in [5, 5.41) is 0. The lowest BCUT2D eigenvalue weighted by atomic mass is 9.75. The highest BCUT2D eigenvalue weighted by molar-refractivity contribution is 5.75. The van der Waals surface area contributed by atoms with E-state index in [9.17, 15) is 33.6 Å². The third-order valence-corrected chi connectivity index (χ3v) is 15.0. The number of rotatable bonds is 0. The smallest absolute Gasteiger partial charge is 0.219 e. The molecule has 0 radical (unpaired) electrons. The molecule has 7 amide bonds. The van der Waals surface area contributed by atoms with Gasteiger partial charge in [0.2, 0.25) is 41.4 Å². The van der Waals surface area contributed by atoms with Gasteiger partial charge in [0, 0.05) is 193 Å². The van der Waals surface area contributed by atoms with E-state index in [1.807, 2.05) is 62.3 Å². The van der Waals surface area contributed by atoms with Gasteiger partial charge in [-0.2, -0.15) is 0 Å². The molecule has 0 aromatic carbocycles. The molecule has 0 aromatic heterocycles. The van der Waals surface area contributed by atoms with Gasteiger partial charge in [0.05, 0.1) is 0 Å². The molecule has 7 aliphatic heterocycles. The van der Waals surface area contributed by atoms with Gasteiger partial charge in [-0.05, 0) is 169 Å². The molecule has 14 nitrogen and oxygen atoms in total. The van der Waals surface area contributed by atoms with Crippen molar-refractivity contribution in [1.29, 1.82) is 0 Å². The highest BCUT2D eigenvalue weighted by atomic mass is 16.2. The fourth-order valence-electron chi connectivity index (χ4n) is 8.38. The molecule has 0 aromatic rings. The Morgan fingerprint density at radius 1 is 0.250 bits per heavy atom. The Labute approximate surface area is 623 Å². The number of piperidine rings is 7. The molecule has 540 valence electrons. The average molecular weight is 1340 g/mol. The summed E-state index contributed by atoms with van der Waals surface area (Å²) in [6.07, 6.45) is -22.9. The molecular weight excluding hydrogens is 1150 g/mol. The maximum absolute atomic E-state index is 11.7. The summed E-state index contributed by atoms with van der Waals surface area (Å²) in [6, 6.07) is 0. The highest BCUT2D eigenvalue weighted by Gasteiger charge is 2.35. The average Bonchev–Trinajstić information content (AvgIpc) is 0.673. The van der Waals surface area contributed by atoms with Crippen LogP contribution in [0.5, 0.6) is 0 Å². The van der Waals surface area contributed by atoms with Crippen LogP contribution in [0.25, 0.3) is 0 Å². The lowest BCUT2D eigenvalue weighted by Crippen LogP contribution is -2.40. The predicted molar refractivity (Wildman–Crippen MR) is 388 cm³/mol. The number of carbonyl (C=O) groups is 7. The largest absolute Gasteiger partial charge is 0.343 e. The van der Waals surface area contributed by atoms with Crippen LogP contribution in [0.3, 0.4) is 0 Å². The number of nitrogens with zero attached hydrogens (tertiary/aromatic N) is 7. The van der Waals surface area contributed by atoms with E-state index in [1.54, 1.807) is 41.5 Å². The van der Waals surface area contributed by atoms with Crippen molar-refractivity contribution in [3.63, 3.8) is 0 Å². The van der Waals surface area contributed by atoms with Crippen molar-refractivity contribution >= 4 is 41.4 Å². The number of likely N-dealkylation sites (tertiary alicyclic amines) is 7. The van der Waals surface area contributed by atoms with E-state index in [1.165, 1.54) is 81.1 Å². The van der Waals surface area contributed by atoms with Crippen molar-refractivity contribution in [2.24, 2.45) is 79.3 Å². The van der Waals surface area contributed by atoms with Crippen molar-refractivity contribution in [1.82, 2.24) is 34.3 Å². The minimum absolute atomic E-state index is 0. The predicted octanol–water partition coefficient (Wildman–Crippen LogP) is 16.7. The first-order valence-electron chi connectivity index (χ1n) is 51.0. The Morgan fingerprint density at radius 3 is 0.804 bits per heavy atom. The van der Waals surface area contributed by atoms with E-state index in [-0.39, 0.29) is 104 Å². The van der Waals surface area contributed by atoms with E-state index in [0.717, 1.165) is 33.4 Å². The summed E-state index contributed by atoms with van der Waals surface area (Å²) in [4.78, 5) is 85.4. The zero-order valence-electron chi connectivity index (χ0n) is 99.9. The molecule has 7 rings (SSSR count). The van der Waals surface area contributed by atoms with Gasteiger partial charge in [0.1, 0.15) is 0 Å². The molecule has 0 spiro atoms. The minimum atomic E-state index is -3.19. The van der Waals surface area contributed by atoms with Crippen LogP contribution in [0.1, 0.15) is 344 Å². The molecule has 0 N–H and O–H groups in total. The maximum Gasteiger partial charge on any atom is 0.219 e. The van der Waals surface area contributed by atoms with Crippen LogP contribution in [-0.4, -0.2) is 167 Å². The van der Waals surface area contributed by atoms with Crippen LogP contribution in [0.15, 0.2) is 0 Å². The molecule has 0 aliphatic carbocycles. The van der Waals surface area contributed by atoms with Gasteiger partial charge in [0.25, 0.3) is 0 Å². The monoisotopic (exact) mass is 1340 g/mol. The number of hydrogen-bond acceptors (Lipinski definition) is 7. The van der Waals surface area contributed by atoms with Crippen molar-refractivity contribution in [3.05, 3.63) is 0 Å². The normalized spacial score (nSPS) is 39.0. The van der Waals surface area contributed by atoms with Crippen molar-refractivity contribution in [2.45, 2.75) is 291 Å². The molecule has 7 aliphatic rings. The third kappa shape index (κ3) is 33.8. The van der Waals surface area contributed by atoms with Crippen LogP contribution in [0.4, 0.5) is 0 Å². The second-order valence-electron chi connectivity index (χ2n) is 30.7. The molecule has 2 unspecified atom stereocenters. The van der Waals surface area contributed by atoms with E-state index in [0.29, 0.717) is 6.42 Å². The van der Waals surface area contributed by atoms with Gasteiger partial charge in [-0.3, -0.25) is 33.6 Å². The molecule has 14 heteroatoms. The van der Waals surface area contributed by atoms with Crippen LogP contribution >= 0.6 is 0 Å². The molecular formula is C78H151N7O7. The van der Waals surface area contributed by atoms with Crippen LogP contribution in [0.2, 0.25) is 0 Å². The summed E-state index contributed by atoms with van der Waals surface area (Å²) in [5.74, 6) is -13.3. The first-order valence-corrected chi connectivity index (χ1v) is 31.5. The molecule has 0 bridgehead atoms. The zero-order valence-corrected chi connectivity index (χ0v) is 60.9. The van der Waals surface area contributed by atoms with Gasteiger partial charge in [-0.1, -0.05) is 153 Å². The Bertz CT molecular complexity index is 3940. The van der Waals surface area contributed by atoms with E-state index < -0.39 is 208 Å². The van der Waals surface area contributed by atoms with E-state index >= 15 is 0 Å². The molecule has 7 saturated heterocycles. The van der Waals surface area contributed by atoms with Gasteiger partial charge >= 0.3 is 0 Å². The van der Waals surface area contributed by atoms with E-state index in [2.05, 4.69) is 0 Å². The lowest BCUT2D eigenvalue weighted by molar-refractivity contribution is -0.131. The summed E-state index contributed by atoms with van der Waals surface area (Å²) in [6.45, 7) is 23.2. The molecule has 7 fully saturated rings. The fraction of sp³-hybridized carbons (Fsp3) is 0.910. The van der Waals surface area contributed by atoms with Crippen molar-refractivity contribution in [3.8, 4) is 0 Å². The topological polar surface area (TPSA) is 142 Å². The number of hydrogen-bond donors (Lipinski definition) is 0. The second kappa shape index (κ2) is 38.9. The zero-order chi connectivity index (χ0) is 105. The van der Waals surface area contributed by atoms with Gasteiger partial charge in [-0.15, -0.1) is 0 Å². The lowest BCUT2D eigenvalue weighted by Gasteiger charge is -2.38. The second-order valence-corrected chi connectivity index (χ2v) is 30.7. The SMILES string of the molecule is C.[2H]C1([2H])C(C(C)(C)C)C([2H])([2H])C([2H])([2H])N(C(C)=O)C1([2H])[2H].[2H]C1([2H])C(C(C)(C)C)CCN(C(C)=O)C1([2H])[2H].[2H]C1([2H])CC(C(C)(C)C)CC([2H])([2H])N1C(C)=O.[2H]C1([2H])CN(C(C)=O)CC([2H])([2H])C1([2H])C(C)(C)C.[2H]C1([2H])CN(C(C)=O)CC([2H])([2H])C1C(C)(C)C.[2H]C1([2H])N(C(C)=O)C([2H])([2H])C([2H])([2H])C([2H])(C(C)(C)C)C1([2H])[2H].[2H]C1([2H])N(C(C)=O)CCC([2H])(C(C)(C)C)C1([2H])[2H]. The summed E-state index contributed by atoms with van der Waals surface area (Å²) < 4.78 is 314. The summed E-state index contributed by atoms with van der Waals surface area (Å²) in [7, 11) is 0. The third-order valence-electron chi connectivity index (χ3n) is 15.0. The van der Waals surface area contributed by atoms with Crippen LogP contribution in [0, 0.1) is 79.3 Å². The Kier molecular flexibility index (Phi) is 17.8. The van der Waals surface area contributed by atoms with E-state index in [4.69, 9.17) is 53.5 Å². The highest BCUT2D eigenvalue weighted by Crippen LogP contribution is 2.39. The number of carbonyl (C=O) groups excluding carboxylic acids is 7. The number of amides is 7. The summed E-state index contributed by atoms with van der Waals surface area (Å²) >= 11 is 0. The molecule has 92 heavy (non-hydrogen) atoms. The van der Waals surface area contributed by atoms with Gasteiger partial charge in [0.15, 0.2) is 0 Å². The van der Waals surface area contributed by atoms with Crippen molar-refractivity contribution in [2.75, 3.05) is 91.2 Å². The molecule has 0 saturated carbocycles. The summed E-state index contributed by atoms with van der Waals surface area (Å²) in [5.41, 5.74) is -5.03. The Morgan fingerprint density at radius 2 is 0.489 bits per heavy atom. The van der Waals surface area contributed by atoms with Gasteiger partial charge in [-0.25, -0.2) is 0 Å². The quantitative estimate of drug-likeness (QED) is 0.235. The molecule has 2 atom stereocenters. The Balaban J connectivity index is 0.00000151. The fourth-order valence-corrected chi connectivity index (χ4v) is 8.38.